The van der Waals surface area contributed by atoms with Crippen molar-refractivity contribution in [2.45, 2.75) is 38.1 Å². The Labute approximate surface area is 162 Å². The number of amides is 1. The number of nitro groups is 1. The van der Waals surface area contributed by atoms with E-state index in [1.54, 1.807) is 11.9 Å². The average Bonchev–Trinajstić information content (AvgIpc) is 3.17. The maximum Gasteiger partial charge on any atom is 0.331 e. The fourth-order valence-corrected chi connectivity index (χ4v) is 3.35. The topological polar surface area (TPSA) is 108 Å². The molecule has 1 amide bonds. The number of carbonyl (C=O) groups excluding carboxylic acids is 2. The minimum absolute atomic E-state index is 0.0156. The van der Waals surface area contributed by atoms with Gasteiger partial charge in [0.2, 0.25) is 6.79 Å². The Balaban J connectivity index is 1.58. The summed E-state index contributed by atoms with van der Waals surface area (Å²) < 4.78 is 15.3. The first-order chi connectivity index (χ1) is 13.5. The summed E-state index contributed by atoms with van der Waals surface area (Å²) in [5.74, 6) is -0.370. The molecular weight excluding hydrogens is 368 g/mol. The van der Waals surface area contributed by atoms with Crippen LogP contribution in [0.2, 0.25) is 0 Å². The second kappa shape index (κ2) is 8.73. The molecule has 0 atom stereocenters. The van der Waals surface area contributed by atoms with Crippen LogP contribution in [0.3, 0.4) is 0 Å². The first-order valence-electron chi connectivity index (χ1n) is 9.14. The normalized spacial score (nSPS) is 16.2. The number of fused-ring (bicyclic) bond motifs is 1. The van der Waals surface area contributed by atoms with Crippen molar-refractivity contribution in [2.75, 3.05) is 20.4 Å². The van der Waals surface area contributed by atoms with Crippen LogP contribution in [0.15, 0.2) is 18.2 Å². The fraction of sp³-hybridized carbons (Fsp3) is 0.474. The summed E-state index contributed by atoms with van der Waals surface area (Å²) in [4.78, 5) is 36.4. The van der Waals surface area contributed by atoms with E-state index in [0.29, 0.717) is 5.75 Å². The third kappa shape index (κ3) is 4.59. The number of nitrogens with zero attached hydrogens (tertiary/aromatic N) is 2. The maximum atomic E-state index is 12.2. The van der Waals surface area contributed by atoms with Crippen LogP contribution >= 0.6 is 0 Å². The van der Waals surface area contributed by atoms with Crippen molar-refractivity contribution >= 4 is 23.6 Å². The summed E-state index contributed by atoms with van der Waals surface area (Å²) in [5, 5.41) is 11.2. The third-order valence-corrected chi connectivity index (χ3v) is 4.97. The zero-order valence-electron chi connectivity index (χ0n) is 15.6. The van der Waals surface area contributed by atoms with Gasteiger partial charge in [0.1, 0.15) is 0 Å². The van der Waals surface area contributed by atoms with E-state index in [2.05, 4.69) is 0 Å². The number of nitro benzene ring substituents is 1. The SMILES string of the molecule is CN(C(=O)COC(=O)/C=C/c1cc2c(cc1[N+](=O)[O-])OCO2)C1CCCCC1. The molecule has 0 bridgehead atoms. The lowest BCUT2D eigenvalue weighted by molar-refractivity contribution is -0.385. The lowest BCUT2D eigenvalue weighted by atomic mass is 9.94. The molecule has 3 rings (SSSR count). The number of carbonyl (C=O) groups is 2. The van der Waals surface area contributed by atoms with E-state index in [4.69, 9.17) is 14.2 Å². The van der Waals surface area contributed by atoms with Crippen LogP contribution in [0.5, 0.6) is 11.5 Å². The number of ether oxygens (including phenoxy) is 3. The molecule has 0 saturated heterocycles. The average molecular weight is 390 g/mol. The molecule has 0 N–H and O–H groups in total. The van der Waals surface area contributed by atoms with Gasteiger partial charge < -0.3 is 19.1 Å². The Hall–Kier alpha value is -3.10. The molecule has 1 aromatic carbocycles. The molecular formula is C19H22N2O7. The van der Waals surface area contributed by atoms with Crippen molar-refractivity contribution < 1.29 is 28.7 Å². The van der Waals surface area contributed by atoms with Gasteiger partial charge >= 0.3 is 5.97 Å². The molecule has 0 spiro atoms. The van der Waals surface area contributed by atoms with E-state index in [9.17, 15) is 19.7 Å². The lowest BCUT2D eigenvalue weighted by Crippen LogP contribution is -2.40. The van der Waals surface area contributed by atoms with Crippen molar-refractivity contribution in [3.63, 3.8) is 0 Å². The highest BCUT2D eigenvalue weighted by Gasteiger charge is 2.24. The predicted octanol–water partition coefficient (Wildman–Crippen LogP) is 2.67. The Morgan fingerprint density at radius 3 is 2.61 bits per heavy atom. The first-order valence-corrected chi connectivity index (χ1v) is 9.14. The van der Waals surface area contributed by atoms with Gasteiger partial charge in [0.05, 0.1) is 16.6 Å². The van der Waals surface area contributed by atoms with E-state index in [1.807, 2.05) is 0 Å². The molecule has 9 heteroatoms. The fourth-order valence-electron chi connectivity index (χ4n) is 3.35. The Kier molecular flexibility index (Phi) is 6.13. The summed E-state index contributed by atoms with van der Waals surface area (Å²) in [6.07, 6.45) is 7.62. The zero-order chi connectivity index (χ0) is 20.1. The molecule has 1 saturated carbocycles. The summed E-state index contributed by atoms with van der Waals surface area (Å²) in [6, 6.07) is 2.86. The predicted molar refractivity (Wildman–Crippen MR) is 98.9 cm³/mol. The first kappa shape index (κ1) is 19.7. The van der Waals surface area contributed by atoms with Crippen LogP contribution in [0.25, 0.3) is 6.08 Å². The van der Waals surface area contributed by atoms with Gasteiger partial charge in [-0.25, -0.2) is 4.79 Å². The quantitative estimate of drug-likeness (QED) is 0.318. The van der Waals surface area contributed by atoms with Crippen molar-refractivity contribution in [2.24, 2.45) is 0 Å². The maximum absolute atomic E-state index is 12.2. The Morgan fingerprint density at radius 1 is 1.25 bits per heavy atom. The summed E-state index contributed by atoms with van der Waals surface area (Å²) in [6.45, 7) is -0.377. The van der Waals surface area contributed by atoms with Crippen molar-refractivity contribution in [3.8, 4) is 11.5 Å². The third-order valence-electron chi connectivity index (χ3n) is 4.97. The number of hydrogen-bond acceptors (Lipinski definition) is 7. The van der Waals surface area contributed by atoms with Gasteiger partial charge in [-0.2, -0.15) is 0 Å². The van der Waals surface area contributed by atoms with Gasteiger partial charge in [0.25, 0.3) is 11.6 Å². The molecule has 28 heavy (non-hydrogen) atoms. The molecule has 150 valence electrons. The van der Waals surface area contributed by atoms with Crippen LogP contribution in [0.1, 0.15) is 37.7 Å². The molecule has 0 radical (unpaired) electrons. The van der Waals surface area contributed by atoms with Gasteiger partial charge in [-0.05, 0) is 25.0 Å². The van der Waals surface area contributed by atoms with Crippen LogP contribution < -0.4 is 9.47 Å². The number of hydrogen-bond donors (Lipinski definition) is 0. The highest BCUT2D eigenvalue weighted by Crippen LogP contribution is 2.38. The molecule has 1 fully saturated rings. The number of likely N-dealkylation sites (N-methyl/N-ethyl adjacent to an activating group) is 1. The molecule has 1 heterocycles. The molecule has 1 aromatic rings. The van der Waals surface area contributed by atoms with Gasteiger partial charge in [-0.3, -0.25) is 14.9 Å². The minimum atomic E-state index is -0.752. The van der Waals surface area contributed by atoms with E-state index >= 15 is 0 Å². The summed E-state index contributed by atoms with van der Waals surface area (Å²) >= 11 is 0. The summed E-state index contributed by atoms with van der Waals surface area (Å²) in [7, 11) is 1.72. The zero-order valence-corrected chi connectivity index (χ0v) is 15.6. The van der Waals surface area contributed by atoms with Crippen molar-refractivity contribution in [3.05, 3.63) is 33.9 Å². The van der Waals surface area contributed by atoms with Gasteiger partial charge in [-0.15, -0.1) is 0 Å². The molecule has 0 unspecified atom stereocenters. The molecule has 1 aliphatic carbocycles. The van der Waals surface area contributed by atoms with Crippen LogP contribution in [0.4, 0.5) is 5.69 Å². The van der Waals surface area contributed by atoms with E-state index in [1.165, 1.54) is 24.6 Å². The van der Waals surface area contributed by atoms with E-state index < -0.39 is 10.9 Å². The number of benzene rings is 1. The number of rotatable bonds is 6. The molecule has 0 aromatic heterocycles. The standard InChI is InChI=1S/C19H22N2O7/c1-20(14-5-3-2-4-6-14)18(22)11-26-19(23)8-7-13-9-16-17(28-12-27-16)10-15(13)21(24)25/h7-10,14H,2-6,11-12H2,1H3/b8-7+. The minimum Gasteiger partial charge on any atom is -0.454 e. The monoisotopic (exact) mass is 390 g/mol. The van der Waals surface area contributed by atoms with Crippen LogP contribution in [-0.2, 0) is 14.3 Å². The Morgan fingerprint density at radius 2 is 1.93 bits per heavy atom. The lowest BCUT2D eigenvalue weighted by Gasteiger charge is -2.31. The second-order valence-corrected chi connectivity index (χ2v) is 6.76. The molecule has 2 aliphatic rings. The van der Waals surface area contributed by atoms with Crippen LogP contribution in [0, 0.1) is 10.1 Å². The highest BCUT2D eigenvalue weighted by molar-refractivity contribution is 5.90. The van der Waals surface area contributed by atoms with Crippen molar-refractivity contribution in [1.82, 2.24) is 4.90 Å². The second-order valence-electron chi connectivity index (χ2n) is 6.76. The smallest absolute Gasteiger partial charge is 0.331 e. The van der Waals surface area contributed by atoms with Gasteiger partial charge in [0, 0.05) is 19.2 Å². The number of esters is 1. The highest BCUT2D eigenvalue weighted by atomic mass is 16.7. The van der Waals surface area contributed by atoms with Crippen molar-refractivity contribution in [1.29, 1.82) is 0 Å². The van der Waals surface area contributed by atoms with E-state index in [0.717, 1.165) is 31.8 Å². The van der Waals surface area contributed by atoms with Crippen LogP contribution in [-0.4, -0.2) is 48.2 Å². The largest absolute Gasteiger partial charge is 0.454 e. The Bertz CT molecular complexity index is 800. The van der Waals surface area contributed by atoms with E-state index in [-0.39, 0.29) is 42.3 Å². The van der Waals surface area contributed by atoms with Gasteiger partial charge in [-0.1, -0.05) is 19.3 Å². The molecule has 9 nitrogen and oxygen atoms in total. The van der Waals surface area contributed by atoms with Gasteiger partial charge in [0.15, 0.2) is 18.1 Å². The molecule has 1 aliphatic heterocycles. The summed E-state index contributed by atoms with van der Waals surface area (Å²) in [5.41, 5.74) is -0.0433.